The molecular weight excluding hydrogens is 222 g/mol. The Kier molecular flexibility index (Phi) is 2.30. The molecule has 4 heteroatoms. The number of benzene rings is 1. The summed E-state index contributed by atoms with van der Waals surface area (Å²) in [5, 5.41) is 3.97. The van der Waals surface area contributed by atoms with Crippen LogP contribution in [0, 0.1) is 0 Å². The molecule has 1 N–H and O–H groups in total. The molecule has 3 nitrogen and oxygen atoms in total. The highest BCUT2D eigenvalue weighted by molar-refractivity contribution is 7.99. The van der Waals surface area contributed by atoms with Gasteiger partial charge in [-0.25, -0.2) is 0 Å². The van der Waals surface area contributed by atoms with Crippen molar-refractivity contribution in [2.75, 3.05) is 12.5 Å². The van der Waals surface area contributed by atoms with Crippen molar-refractivity contribution < 1.29 is 9.47 Å². The van der Waals surface area contributed by atoms with Gasteiger partial charge >= 0.3 is 0 Å². The first-order chi connectivity index (χ1) is 7.64. The van der Waals surface area contributed by atoms with Crippen molar-refractivity contribution in [1.82, 2.24) is 5.32 Å². The third kappa shape index (κ3) is 1.76. The van der Waals surface area contributed by atoms with Crippen molar-refractivity contribution in [3.8, 4) is 11.5 Å². The molecule has 0 aromatic heterocycles. The fraction of sp³-hybridized carbons (Fsp3) is 0.500. The maximum atomic E-state index is 5.39. The highest BCUT2D eigenvalue weighted by atomic mass is 32.2. The van der Waals surface area contributed by atoms with Crippen LogP contribution in [0.1, 0.15) is 24.8 Å². The number of hydrogen-bond donors (Lipinski definition) is 1. The first kappa shape index (κ1) is 10.3. The van der Waals surface area contributed by atoms with E-state index in [4.69, 9.17) is 9.47 Å². The van der Waals surface area contributed by atoms with E-state index in [0.717, 1.165) is 17.3 Å². The fourth-order valence-electron chi connectivity index (χ4n) is 1.99. The molecule has 1 aromatic carbocycles. The predicted octanol–water partition coefficient (Wildman–Crippen LogP) is 2.53. The van der Waals surface area contributed by atoms with Crippen LogP contribution >= 0.6 is 11.8 Å². The molecule has 2 aliphatic rings. The summed E-state index contributed by atoms with van der Waals surface area (Å²) in [6.07, 6.45) is 0. The Morgan fingerprint density at radius 3 is 2.88 bits per heavy atom. The van der Waals surface area contributed by atoms with Crippen LogP contribution in [0.5, 0.6) is 11.5 Å². The molecule has 0 aliphatic carbocycles. The SMILES string of the molecule is CC1(C)CSC(c2ccc3c(c2)OCO3)N1. The zero-order chi connectivity index (χ0) is 11.2. The lowest BCUT2D eigenvalue weighted by molar-refractivity contribution is 0.174. The summed E-state index contributed by atoms with van der Waals surface area (Å²) in [5.41, 5.74) is 1.48. The van der Waals surface area contributed by atoms with E-state index in [-0.39, 0.29) is 5.54 Å². The van der Waals surface area contributed by atoms with E-state index in [1.165, 1.54) is 5.56 Å². The number of fused-ring (bicyclic) bond motifs is 1. The van der Waals surface area contributed by atoms with Crippen LogP contribution in [0.3, 0.4) is 0 Å². The van der Waals surface area contributed by atoms with Crippen molar-refractivity contribution in [3.05, 3.63) is 23.8 Å². The number of rotatable bonds is 1. The quantitative estimate of drug-likeness (QED) is 0.813. The van der Waals surface area contributed by atoms with Gasteiger partial charge in [-0.1, -0.05) is 6.07 Å². The maximum absolute atomic E-state index is 5.39. The van der Waals surface area contributed by atoms with E-state index < -0.39 is 0 Å². The van der Waals surface area contributed by atoms with Gasteiger partial charge in [0.15, 0.2) is 11.5 Å². The molecule has 0 saturated carbocycles. The van der Waals surface area contributed by atoms with Crippen LogP contribution in [0.15, 0.2) is 18.2 Å². The number of thioether (sulfide) groups is 1. The van der Waals surface area contributed by atoms with Gasteiger partial charge in [-0.2, -0.15) is 0 Å². The first-order valence-electron chi connectivity index (χ1n) is 5.43. The van der Waals surface area contributed by atoms with Gasteiger partial charge in [-0.05, 0) is 31.5 Å². The molecule has 1 unspecified atom stereocenters. The second kappa shape index (κ2) is 3.57. The van der Waals surface area contributed by atoms with Gasteiger partial charge in [0.05, 0.1) is 5.37 Å². The Morgan fingerprint density at radius 1 is 1.31 bits per heavy atom. The molecule has 0 radical (unpaired) electrons. The molecule has 2 aliphatic heterocycles. The summed E-state index contributed by atoms with van der Waals surface area (Å²) in [6.45, 7) is 4.80. The highest BCUT2D eigenvalue weighted by Crippen LogP contribution is 2.41. The van der Waals surface area contributed by atoms with E-state index in [1.807, 2.05) is 17.8 Å². The van der Waals surface area contributed by atoms with Crippen LogP contribution in [0.4, 0.5) is 0 Å². The van der Waals surface area contributed by atoms with E-state index in [9.17, 15) is 0 Å². The number of nitrogens with one attached hydrogen (secondary N) is 1. The Morgan fingerprint density at radius 2 is 2.12 bits per heavy atom. The normalized spacial score (nSPS) is 26.0. The second-order valence-corrected chi connectivity index (χ2v) is 5.93. The van der Waals surface area contributed by atoms with Gasteiger partial charge in [0.1, 0.15) is 0 Å². The zero-order valence-corrected chi connectivity index (χ0v) is 10.3. The molecule has 0 amide bonds. The molecule has 1 saturated heterocycles. The first-order valence-corrected chi connectivity index (χ1v) is 6.48. The van der Waals surface area contributed by atoms with Crippen LogP contribution in [0.2, 0.25) is 0 Å². The summed E-state index contributed by atoms with van der Waals surface area (Å²) < 4.78 is 10.7. The summed E-state index contributed by atoms with van der Waals surface area (Å²) in [6, 6.07) is 6.18. The van der Waals surface area contributed by atoms with Gasteiger partial charge in [0.2, 0.25) is 6.79 Å². The minimum absolute atomic E-state index is 0.214. The summed E-state index contributed by atoms with van der Waals surface area (Å²) in [4.78, 5) is 0. The molecule has 1 aromatic rings. The van der Waals surface area contributed by atoms with E-state index in [1.54, 1.807) is 0 Å². The third-order valence-corrected chi connectivity index (χ3v) is 4.44. The average molecular weight is 237 g/mol. The lowest BCUT2D eigenvalue weighted by Crippen LogP contribution is -2.35. The monoisotopic (exact) mass is 237 g/mol. The minimum Gasteiger partial charge on any atom is -0.454 e. The van der Waals surface area contributed by atoms with Crippen LogP contribution in [0.25, 0.3) is 0 Å². The van der Waals surface area contributed by atoms with Gasteiger partial charge < -0.3 is 9.47 Å². The van der Waals surface area contributed by atoms with Gasteiger partial charge in [-0.15, -0.1) is 11.8 Å². The van der Waals surface area contributed by atoms with Crippen molar-refractivity contribution in [2.24, 2.45) is 0 Å². The van der Waals surface area contributed by atoms with Crippen molar-refractivity contribution >= 4 is 11.8 Å². The maximum Gasteiger partial charge on any atom is 0.231 e. The molecule has 16 heavy (non-hydrogen) atoms. The van der Waals surface area contributed by atoms with Gasteiger partial charge in [0, 0.05) is 11.3 Å². The minimum atomic E-state index is 0.214. The summed E-state index contributed by atoms with van der Waals surface area (Å²) in [5.74, 6) is 2.85. The molecule has 1 atom stereocenters. The van der Waals surface area contributed by atoms with Crippen LogP contribution in [-0.2, 0) is 0 Å². The average Bonchev–Trinajstić information content (AvgIpc) is 2.82. The molecule has 0 spiro atoms. The lowest BCUT2D eigenvalue weighted by Gasteiger charge is -2.19. The van der Waals surface area contributed by atoms with Crippen molar-refractivity contribution in [1.29, 1.82) is 0 Å². The summed E-state index contributed by atoms with van der Waals surface area (Å²) in [7, 11) is 0. The molecular formula is C12H15NO2S. The van der Waals surface area contributed by atoms with Crippen LogP contribution in [-0.4, -0.2) is 18.1 Å². The highest BCUT2D eigenvalue weighted by Gasteiger charge is 2.32. The van der Waals surface area contributed by atoms with Crippen molar-refractivity contribution in [3.63, 3.8) is 0 Å². The van der Waals surface area contributed by atoms with E-state index >= 15 is 0 Å². The molecule has 2 heterocycles. The summed E-state index contributed by atoms with van der Waals surface area (Å²) >= 11 is 1.94. The van der Waals surface area contributed by atoms with E-state index in [2.05, 4.69) is 31.3 Å². The Hall–Kier alpha value is -0.870. The molecule has 1 fully saturated rings. The lowest BCUT2D eigenvalue weighted by atomic mass is 10.1. The predicted molar refractivity (Wildman–Crippen MR) is 65.0 cm³/mol. The second-order valence-electron chi connectivity index (χ2n) is 4.83. The Labute approximate surface area is 99.5 Å². The number of hydrogen-bond acceptors (Lipinski definition) is 4. The largest absolute Gasteiger partial charge is 0.454 e. The third-order valence-electron chi connectivity index (χ3n) is 2.83. The Bertz CT molecular complexity index is 419. The van der Waals surface area contributed by atoms with Crippen molar-refractivity contribution in [2.45, 2.75) is 24.8 Å². The zero-order valence-electron chi connectivity index (χ0n) is 9.45. The van der Waals surface area contributed by atoms with Gasteiger partial charge in [-0.3, -0.25) is 5.32 Å². The standard InChI is InChI=1S/C12H15NO2S/c1-12(2)6-16-11(13-12)8-3-4-9-10(5-8)15-7-14-9/h3-5,11,13H,6-7H2,1-2H3. The van der Waals surface area contributed by atoms with Gasteiger partial charge in [0.25, 0.3) is 0 Å². The smallest absolute Gasteiger partial charge is 0.231 e. The van der Waals surface area contributed by atoms with Crippen LogP contribution < -0.4 is 14.8 Å². The Balaban J connectivity index is 1.85. The molecule has 0 bridgehead atoms. The van der Waals surface area contributed by atoms with E-state index in [0.29, 0.717) is 12.2 Å². The molecule has 86 valence electrons. The topological polar surface area (TPSA) is 30.5 Å². The fourth-order valence-corrected chi connectivity index (χ4v) is 3.39. The molecule has 3 rings (SSSR count). The number of ether oxygens (including phenoxy) is 2.